The van der Waals surface area contributed by atoms with Crippen molar-refractivity contribution in [1.82, 2.24) is 4.90 Å². The highest BCUT2D eigenvalue weighted by molar-refractivity contribution is 7.10. The maximum Gasteiger partial charge on any atom is 0.241 e. The van der Waals surface area contributed by atoms with E-state index in [1.165, 1.54) is 10.4 Å². The first-order valence-corrected chi connectivity index (χ1v) is 7.55. The largest absolute Gasteiger partial charge is 0.325 e. The fraction of sp³-hybridized carbons (Fsp3) is 0.312. The van der Waals surface area contributed by atoms with Gasteiger partial charge in [-0.05, 0) is 50.0 Å². The number of carbonyl (C=O) groups is 1. The quantitative estimate of drug-likeness (QED) is 0.913. The van der Waals surface area contributed by atoms with Crippen molar-refractivity contribution in [2.24, 2.45) is 0 Å². The van der Waals surface area contributed by atoms with Gasteiger partial charge in [-0.15, -0.1) is 11.3 Å². The fourth-order valence-corrected chi connectivity index (χ4v) is 2.87. The minimum atomic E-state index is -0.170. The molecule has 0 saturated carbocycles. The average Bonchev–Trinajstić information content (AvgIpc) is 2.84. The van der Waals surface area contributed by atoms with Gasteiger partial charge in [-0.1, -0.05) is 18.2 Å². The van der Waals surface area contributed by atoms with Gasteiger partial charge in [-0.25, -0.2) is 0 Å². The van der Waals surface area contributed by atoms with Gasteiger partial charge in [0.2, 0.25) is 5.91 Å². The van der Waals surface area contributed by atoms with Gasteiger partial charge in [0.05, 0.1) is 6.04 Å². The Kier molecular flexibility index (Phi) is 4.93. The van der Waals surface area contributed by atoms with Crippen molar-refractivity contribution in [3.05, 3.63) is 52.2 Å². The molecular formula is C16H20N2OS. The van der Waals surface area contributed by atoms with Gasteiger partial charge in [-0.2, -0.15) is 0 Å². The SMILES string of the molecule is Cc1ccsc1CN(C)[C@H](C)C(=O)Nc1ccccc1. The fourth-order valence-electron chi connectivity index (χ4n) is 1.90. The molecule has 0 bridgehead atoms. The van der Waals surface area contributed by atoms with Crippen LogP contribution < -0.4 is 5.32 Å². The van der Waals surface area contributed by atoms with Crippen LogP contribution in [0.4, 0.5) is 5.69 Å². The Morgan fingerprint density at radius 1 is 1.30 bits per heavy atom. The van der Waals surface area contributed by atoms with Crippen LogP contribution >= 0.6 is 11.3 Å². The number of nitrogens with zero attached hydrogens (tertiary/aromatic N) is 1. The van der Waals surface area contributed by atoms with Crippen molar-refractivity contribution in [2.75, 3.05) is 12.4 Å². The van der Waals surface area contributed by atoms with E-state index >= 15 is 0 Å². The van der Waals surface area contributed by atoms with Crippen molar-refractivity contribution in [3.63, 3.8) is 0 Å². The second-order valence-corrected chi connectivity index (χ2v) is 5.97. The average molecular weight is 288 g/mol. The third kappa shape index (κ3) is 3.68. The normalized spacial score (nSPS) is 12.4. The predicted molar refractivity (Wildman–Crippen MR) is 85.1 cm³/mol. The lowest BCUT2D eigenvalue weighted by Crippen LogP contribution is -2.39. The maximum atomic E-state index is 12.2. The molecule has 1 amide bonds. The molecule has 1 N–H and O–H groups in total. The van der Waals surface area contributed by atoms with Gasteiger partial charge in [0.25, 0.3) is 0 Å². The Morgan fingerprint density at radius 2 is 2.00 bits per heavy atom. The summed E-state index contributed by atoms with van der Waals surface area (Å²) in [6.45, 7) is 4.84. The molecule has 0 unspecified atom stereocenters. The third-order valence-electron chi connectivity index (χ3n) is 3.44. The molecule has 20 heavy (non-hydrogen) atoms. The molecule has 0 fully saturated rings. The van der Waals surface area contributed by atoms with Crippen molar-refractivity contribution in [1.29, 1.82) is 0 Å². The van der Waals surface area contributed by atoms with Crippen molar-refractivity contribution in [2.45, 2.75) is 26.4 Å². The second kappa shape index (κ2) is 6.68. The summed E-state index contributed by atoms with van der Waals surface area (Å²) in [7, 11) is 1.98. The van der Waals surface area contributed by atoms with Crippen LogP contribution in [-0.4, -0.2) is 23.9 Å². The van der Waals surface area contributed by atoms with E-state index in [1.807, 2.05) is 44.3 Å². The molecule has 2 rings (SSSR count). The Morgan fingerprint density at radius 3 is 2.60 bits per heavy atom. The molecule has 1 aromatic carbocycles. The maximum absolute atomic E-state index is 12.2. The van der Waals surface area contributed by atoms with Gasteiger partial charge in [0, 0.05) is 17.1 Å². The first-order valence-electron chi connectivity index (χ1n) is 6.67. The lowest BCUT2D eigenvalue weighted by Gasteiger charge is -2.23. The molecule has 0 spiro atoms. The van der Waals surface area contributed by atoms with E-state index in [9.17, 15) is 4.79 Å². The number of aryl methyl sites for hydroxylation is 1. The second-order valence-electron chi connectivity index (χ2n) is 4.97. The number of para-hydroxylation sites is 1. The molecule has 0 aliphatic rings. The van der Waals surface area contributed by atoms with E-state index in [4.69, 9.17) is 0 Å². The molecular weight excluding hydrogens is 268 g/mol. The topological polar surface area (TPSA) is 32.3 Å². The van der Waals surface area contributed by atoms with Crippen LogP contribution in [0.15, 0.2) is 41.8 Å². The monoisotopic (exact) mass is 288 g/mol. The molecule has 0 saturated heterocycles. The van der Waals surface area contributed by atoms with Crippen LogP contribution in [0.3, 0.4) is 0 Å². The molecule has 1 atom stereocenters. The zero-order valence-corrected chi connectivity index (χ0v) is 12.9. The van der Waals surface area contributed by atoms with E-state index < -0.39 is 0 Å². The summed E-state index contributed by atoms with van der Waals surface area (Å²) < 4.78 is 0. The molecule has 0 aliphatic carbocycles. The summed E-state index contributed by atoms with van der Waals surface area (Å²) in [6, 6.07) is 11.5. The first-order chi connectivity index (χ1) is 9.58. The highest BCUT2D eigenvalue weighted by Crippen LogP contribution is 2.18. The molecule has 1 aromatic heterocycles. The van der Waals surface area contributed by atoms with Crippen molar-refractivity contribution in [3.8, 4) is 0 Å². The van der Waals surface area contributed by atoms with Crippen LogP contribution in [0, 0.1) is 6.92 Å². The molecule has 0 radical (unpaired) electrons. The van der Waals surface area contributed by atoms with Gasteiger partial charge in [0.15, 0.2) is 0 Å². The highest BCUT2D eigenvalue weighted by atomic mass is 32.1. The van der Waals surface area contributed by atoms with E-state index in [-0.39, 0.29) is 11.9 Å². The van der Waals surface area contributed by atoms with Crippen LogP contribution in [0.1, 0.15) is 17.4 Å². The first kappa shape index (κ1) is 14.8. The summed E-state index contributed by atoms with van der Waals surface area (Å²) in [4.78, 5) is 15.6. The van der Waals surface area contributed by atoms with Gasteiger partial charge < -0.3 is 5.32 Å². The number of rotatable bonds is 5. The third-order valence-corrected chi connectivity index (χ3v) is 4.45. The number of likely N-dealkylation sites (N-methyl/N-ethyl adjacent to an activating group) is 1. The molecule has 2 aromatic rings. The number of amides is 1. The summed E-state index contributed by atoms with van der Waals surface area (Å²) in [5.74, 6) is 0.0212. The number of nitrogens with one attached hydrogen (secondary N) is 1. The van der Waals surface area contributed by atoms with E-state index in [2.05, 4.69) is 28.6 Å². The number of hydrogen-bond donors (Lipinski definition) is 1. The summed E-state index contributed by atoms with van der Waals surface area (Å²) in [5.41, 5.74) is 2.13. The van der Waals surface area contributed by atoms with Crippen LogP contribution in [0.25, 0.3) is 0 Å². The lowest BCUT2D eigenvalue weighted by atomic mass is 10.2. The number of anilines is 1. The molecule has 4 heteroatoms. The Labute approximate surface area is 124 Å². The van der Waals surface area contributed by atoms with Gasteiger partial charge in [-0.3, -0.25) is 9.69 Å². The number of benzene rings is 1. The van der Waals surface area contributed by atoms with Gasteiger partial charge >= 0.3 is 0 Å². The number of hydrogen-bond acceptors (Lipinski definition) is 3. The smallest absolute Gasteiger partial charge is 0.241 e. The lowest BCUT2D eigenvalue weighted by molar-refractivity contribution is -0.120. The van der Waals surface area contributed by atoms with Crippen LogP contribution in [0.5, 0.6) is 0 Å². The molecule has 1 heterocycles. The zero-order valence-electron chi connectivity index (χ0n) is 12.1. The van der Waals surface area contributed by atoms with Crippen molar-refractivity contribution < 1.29 is 4.79 Å². The molecule has 3 nitrogen and oxygen atoms in total. The Bertz CT molecular complexity index is 565. The highest BCUT2D eigenvalue weighted by Gasteiger charge is 2.19. The van der Waals surface area contributed by atoms with E-state index in [0.717, 1.165) is 12.2 Å². The van der Waals surface area contributed by atoms with E-state index in [0.29, 0.717) is 0 Å². The minimum absolute atomic E-state index is 0.0212. The minimum Gasteiger partial charge on any atom is -0.325 e. The summed E-state index contributed by atoms with van der Waals surface area (Å²) >= 11 is 1.74. The zero-order chi connectivity index (χ0) is 14.5. The molecule has 0 aliphatic heterocycles. The van der Waals surface area contributed by atoms with Gasteiger partial charge in [0.1, 0.15) is 0 Å². The Hall–Kier alpha value is -1.65. The van der Waals surface area contributed by atoms with Crippen molar-refractivity contribution >= 4 is 22.9 Å². The number of carbonyl (C=O) groups excluding carboxylic acids is 1. The summed E-state index contributed by atoms with van der Waals surface area (Å²) in [5, 5.41) is 5.03. The predicted octanol–water partition coefficient (Wildman–Crippen LogP) is 3.52. The Balaban J connectivity index is 1.94. The standard InChI is InChI=1S/C16H20N2OS/c1-12-9-10-20-15(12)11-18(3)13(2)16(19)17-14-7-5-4-6-8-14/h4-10,13H,11H2,1-3H3,(H,17,19)/t13-/m1/s1. The van der Waals surface area contributed by atoms with Crippen LogP contribution in [0.2, 0.25) is 0 Å². The van der Waals surface area contributed by atoms with Crippen LogP contribution in [-0.2, 0) is 11.3 Å². The van der Waals surface area contributed by atoms with E-state index in [1.54, 1.807) is 11.3 Å². The summed E-state index contributed by atoms with van der Waals surface area (Å²) in [6.07, 6.45) is 0. The molecule has 106 valence electrons. The number of thiophene rings is 1.